The van der Waals surface area contributed by atoms with Gasteiger partial charge in [-0.25, -0.2) is 0 Å². The van der Waals surface area contributed by atoms with E-state index in [4.69, 9.17) is 4.74 Å². The number of pyridine rings is 1. The number of aromatic nitrogens is 1. The Morgan fingerprint density at radius 2 is 2.40 bits per heavy atom. The van der Waals surface area contributed by atoms with E-state index >= 15 is 0 Å². The molecule has 0 radical (unpaired) electrons. The SMILES string of the molecule is CC1(C)OCCN1C(=O)c1cccnc1. The molecule has 0 spiro atoms. The fraction of sp³-hybridized carbons (Fsp3) is 0.455. The number of hydrogen-bond donors (Lipinski definition) is 0. The van der Waals surface area contributed by atoms with Gasteiger partial charge in [-0.15, -0.1) is 0 Å². The van der Waals surface area contributed by atoms with Gasteiger partial charge < -0.3 is 9.64 Å². The standard InChI is InChI=1S/C11H14N2O2/c1-11(2)13(6-7-15-11)10(14)9-4-3-5-12-8-9/h3-5,8H,6-7H2,1-2H3. The lowest BCUT2D eigenvalue weighted by Crippen LogP contribution is -2.43. The van der Waals surface area contributed by atoms with E-state index in [9.17, 15) is 4.79 Å². The molecule has 4 nitrogen and oxygen atoms in total. The van der Waals surface area contributed by atoms with Crippen LogP contribution in [0.5, 0.6) is 0 Å². The molecule has 1 amide bonds. The van der Waals surface area contributed by atoms with Gasteiger partial charge in [-0.2, -0.15) is 0 Å². The van der Waals surface area contributed by atoms with Crippen molar-refractivity contribution in [1.29, 1.82) is 0 Å². The summed E-state index contributed by atoms with van der Waals surface area (Å²) in [7, 11) is 0. The summed E-state index contributed by atoms with van der Waals surface area (Å²) in [6.07, 6.45) is 3.24. The molecule has 0 atom stereocenters. The highest BCUT2D eigenvalue weighted by Crippen LogP contribution is 2.23. The van der Waals surface area contributed by atoms with Gasteiger partial charge in [0.25, 0.3) is 5.91 Å². The summed E-state index contributed by atoms with van der Waals surface area (Å²) in [6.45, 7) is 5.03. The molecule has 0 N–H and O–H groups in total. The van der Waals surface area contributed by atoms with E-state index in [0.717, 1.165) is 0 Å². The van der Waals surface area contributed by atoms with Crippen molar-refractivity contribution in [2.75, 3.05) is 13.2 Å². The number of ether oxygens (including phenoxy) is 1. The topological polar surface area (TPSA) is 42.4 Å². The quantitative estimate of drug-likeness (QED) is 0.695. The molecule has 1 aliphatic heterocycles. The predicted molar refractivity (Wildman–Crippen MR) is 55.3 cm³/mol. The molecule has 0 saturated carbocycles. The zero-order chi connectivity index (χ0) is 10.9. The Morgan fingerprint density at radius 1 is 1.60 bits per heavy atom. The first-order valence-corrected chi connectivity index (χ1v) is 4.97. The second-order valence-electron chi connectivity index (χ2n) is 3.99. The van der Waals surface area contributed by atoms with E-state index in [0.29, 0.717) is 18.7 Å². The van der Waals surface area contributed by atoms with Crippen LogP contribution in [0.15, 0.2) is 24.5 Å². The van der Waals surface area contributed by atoms with Crippen LogP contribution in [-0.2, 0) is 4.74 Å². The maximum atomic E-state index is 12.1. The Balaban J connectivity index is 2.22. The minimum absolute atomic E-state index is 0.0226. The highest BCUT2D eigenvalue weighted by Gasteiger charge is 2.36. The van der Waals surface area contributed by atoms with E-state index in [1.165, 1.54) is 0 Å². The molecule has 2 rings (SSSR count). The first-order valence-electron chi connectivity index (χ1n) is 4.97. The van der Waals surface area contributed by atoms with E-state index in [1.807, 2.05) is 13.8 Å². The van der Waals surface area contributed by atoms with Gasteiger partial charge in [0.15, 0.2) is 0 Å². The average molecular weight is 206 g/mol. The molecule has 1 aromatic rings. The van der Waals surface area contributed by atoms with Gasteiger partial charge in [0, 0.05) is 18.9 Å². The van der Waals surface area contributed by atoms with Crippen molar-refractivity contribution >= 4 is 5.91 Å². The molecule has 0 unspecified atom stereocenters. The second-order valence-corrected chi connectivity index (χ2v) is 3.99. The smallest absolute Gasteiger partial charge is 0.257 e. The molecule has 4 heteroatoms. The van der Waals surface area contributed by atoms with Crippen LogP contribution in [0.25, 0.3) is 0 Å². The van der Waals surface area contributed by atoms with Crippen LogP contribution in [0.4, 0.5) is 0 Å². The van der Waals surface area contributed by atoms with Gasteiger partial charge in [-0.3, -0.25) is 9.78 Å². The normalized spacial score (nSPS) is 19.2. The van der Waals surface area contributed by atoms with Gasteiger partial charge in [-0.1, -0.05) is 0 Å². The molecule has 80 valence electrons. The number of hydrogen-bond acceptors (Lipinski definition) is 3. The van der Waals surface area contributed by atoms with Crippen LogP contribution in [0.3, 0.4) is 0 Å². The number of carbonyl (C=O) groups excluding carboxylic acids is 1. The van der Waals surface area contributed by atoms with Crippen LogP contribution in [0, 0.1) is 0 Å². The minimum Gasteiger partial charge on any atom is -0.354 e. The third-order valence-corrected chi connectivity index (χ3v) is 2.57. The van der Waals surface area contributed by atoms with Gasteiger partial charge in [0.1, 0.15) is 5.72 Å². The number of rotatable bonds is 1. The largest absolute Gasteiger partial charge is 0.354 e. The average Bonchev–Trinajstić information content (AvgIpc) is 2.58. The summed E-state index contributed by atoms with van der Waals surface area (Å²) in [6, 6.07) is 3.53. The predicted octanol–water partition coefficient (Wildman–Crippen LogP) is 1.29. The van der Waals surface area contributed by atoms with Crippen molar-refractivity contribution < 1.29 is 9.53 Å². The van der Waals surface area contributed by atoms with E-state index in [1.54, 1.807) is 29.4 Å². The Morgan fingerprint density at radius 3 is 2.93 bits per heavy atom. The Kier molecular flexibility index (Phi) is 2.44. The van der Waals surface area contributed by atoms with Crippen LogP contribution in [0.2, 0.25) is 0 Å². The van der Waals surface area contributed by atoms with Crippen molar-refractivity contribution in [2.45, 2.75) is 19.6 Å². The monoisotopic (exact) mass is 206 g/mol. The summed E-state index contributed by atoms with van der Waals surface area (Å²) < 4.78 is 5.48. The lowest BCUT2D eigenvalue weighted by molar-refractivity contribution is -0.0380. The molecule has 1 saturated heterocycles. The summed E-state index contributed by atoms with van der Waals surface area (Å²) in [5.41, 5.74) is 0.100. The third-order valence-electron chi connectivity index (χ3n) is 2.57. The van der Waals surface area contributed by atoms with Crippen LogP contribution in [-0.4, -0.2) is 34.7 Å². The van der Waals surface area contributed by atoms with E-state index in [-0.39, 0.29) is 5.91 Å². The fourth-order valence-corrected chi connectivity index (χ4v) is 1.73. The molecular weight excluding hydrogens is 192 g/mol. The molecule has 0 aliphatic carbocycles. The number of amides is 1. The van der Waals surface area contributed by atoms with Crippen molar-refractivity contribution in [3.63, 3.8) is 0 Å². The number of carbonyl (C=O) groups is 1. The molecule has 1 aliphatic rings. The zero-order valence-electron chi connectivity index (χ0n) is 8.93. The van der Waals surface area contributed by atoms with E-state index in [2.05, 4.69) is 4.98 Å². The second kappa shape index (κ2) is 3.62. The van der Waals surface area contributed by atoms with Crippen LogP contribution in [0.1, 0.15) is 24.2 Å². The summed E-state index contributed by atoms with van der Waals surface area (Å²) in [5, 5.41) is 0. The molecule has 0 bridgehead atoms. The summed E-state index contributed by atoms with van der Waals surface area (Å²) >= 11 is 0. The van der Waals surface area contributed by atoms with Gasteiger partial charge >= 0.3 is 0 Å². The molecule has 15 heavy (non-hydrogen) atoms. The highest BCUT2D eigenvalue weighted by molar-refractivity contribution is 5.94. The zero-order valence-corrected chi connectivity index (χ0v) is 8.93. The molecule has 0 aromatic carbocycles. The maximum absolute atomic E-state index is 12.1. The minimum atomic E-state index is -0.507. The maximum Gasteiger partial charge on any atom is 0.257 e. The Bertz CT molecular complexity index is 362. The van der Waals surface area contributed by atoms with Crippen LogP contribution >= 0.6 is 0 Å². The lowest BCUT2D eigenvalue weighted by atomic mass is 10.2. The summed E-state index contributed by atoms with van der Waals surface area (Å²) in [4.78, 5) is 17.7. The Hall–Kier alpha value is -1.42. The first kappa shape index (κ1) is 10.1. The van der Waals surface area contributed by atoms with Gasteiger partial charge in [-0.05, 0) is 26.0 Å². The summed E-state index contributed by atoms with van der Waals surface area (Å²) in [5.74, 6) is -0.0226. The van der Waals surface area contributed by atoms with Crippen molar-refractivity contribution in [2.24, 2.45) is 0 Å². The molecular formula is C11H14N2O2. The highest BCUT2D eigenvalue weighted by atomic mass is 16.5. The number of nitrogens with zero attached hydrogens (tertiary/aromatic N) is 2. The lowest BCUT2D eigenvalue weighted by Gasteiger charge is -2.29. The van der Waals surface area contributed by atoms with Gasteiger partial charge in [0.2, 0.25) is 0 Å². The van der Waals surface area contributed by atoms with Crippen molar-refractivity contribution in [3.8, 4) is 0 Å². The van der Waals surface area contributed by atoms with Crippen LogP contribution < -0.4 is 0 Å². The van der Waals surface area contributed by atoms with Crippen molar-refractivity contribution in [1.82, 2.24) is 9.88 Å². The fourth-order valence-electron chi connectivity index (χ4n) is 1.73. The third kappa shape index (κ3) is 1.85. The van der Waals surface area contributed by atoms with E-state index < -0.39 is 5.72 Å². The van der Waals surface area contributed by atoms with Gasteiger partial charge in [0.05, 0.1) is 12.2 Å². The molecule has 1 aromatic heterocycles. The van der Waals surface area contributed by atoms with Crippen molar-refractivity contribution in [3.05, 3.63) is 30.1 Å². The first-order chi connectivity index (χ1) is 7.11. The molecule has 2 heterocycles. The molecule has 1 fully saturated rings. The Labute approximate surface area is 88.9 Å².